The molecule has 9 heteroatoms. The van der Waals surface area contributed by atoms with E-state index in [-0.39, 0.29) is 35.7 Å². The molecule has 0 saturated heterocycles. The zero-order chi connectivity index (χ0) is 27.6. The van der Waals surface area contributed by atoms with Gasteiger partial charge in [-0.25, -0.2) is 4.90 Å². The minimum Gasteiger partial charge on any atom is -0.459 e. The number of carbonyl (C=O) groups is 3. The molecule has 0 aromatic heterocycles. The van der Waals surface area contributed by atoms with E-state index in [0.29, 0.717) is 40.6 Å². The maximum Gasteiger partial charge on any atom is 0.290 e. The lowest BCUT2D eigenvalue weighted by Gasteiger charge is -2.38. The number of halogens is 1. The fourth-order valence-electron chi connectivity index (χ4n) is 5.13. The van der Waals surface area contributed by atoms with E-state index >= 15 is 0 Å². The van der Waals surface area contributed by atoms with Crippen LogP contribution in [0, 0.1) is 24.7 Å². The Bertz CT molecular complexity index is 1270. The number of allylic oxidation sites excluding steroid dienone is 1. The Morgan fingerprint density at radius 3 is 2.55 bits per heavy atom. The third kappa shape index (κ3) is 5.48. The summed E-state index contributed by atoms with van der Waals surface area (Å²) in [5.74, 6) is -0.784. The van der Waals surface area contributed by atoms with Crippen LogP contribution in [0.2, 0.25) is 5.02 Å². The summed E-state index contributed by atoms with van der Waals surface area (Å²) in [5, 5.41) is 12.6. The Hall–Kier alpha value is -3.20. The van der Waals surface area contributed by atoms with Gasteiger partial charge in [-0.3, -0.25) is 14.4 Å². The van der Waals surface area contributed by atoms with Crippen LogP contribution >= 0.6 is 11.6 Å². The highest BCUT2D eigenvalue weighted by Gasteiger charge is 2.39. The Kier molecular flexibility index (Phi) is 8.55. The number of aliphatic hydroxyl groups is 1. The molecule has 0 spiro atoms. The van der Waals surface area contributed by atoms with Gasteiger partial charge in [0.1, 0.15) is 0 Å². The molecule has 0 aliphatic carbocycles. The lowest BCUT2D eigenvalue weighted by Crippen LogP contribution is -2.40. The third-order valence-electron chi connectivity index (χ3n) is 7.00. The van der Waals surface area contributed by atoms with Crippen LogP contribution in [0.1, 0.15) is 59.9 Å². The Morgan fingerprint density at radius 2 is 1.89 bits per heavy atom. The number of amides is 3. The molecule has 8 nitrogen and oxygen atoms in total. The van der Waals surface area contributed by atoms with Crippen LogP contribution in [0.15, 0.2) is 48.2 Å². The first kappa shape index (κ1) is 27.8. The SMILES string of the molecule is CCO[C@H]1OC(C(=O)Nc2ccc(N3C(=O)c4ccc(Cl)cc4C3=O)c(C)c2)=C[C@@H](C(C)C)[C@H]1CCCO. The molecule has 0 fully saturated rings. The van der Waals surface area contributed by atoms with Crippen LogP contribution in [0.3, 0.4) is 0 Å². The quantitative estimate of drug-likeness (QED) is 0.417. The second-order valence-corrected chi connectivity index (χ2v) is 10.4. The molecule has 2 aliphatic rings. The van der Waals surface area contributed by atoms with Crippen LogP contribution in [-0.2, 0) is 14.3 Å². The highest BCUT2D eigenvalue weighted by atomic mass is 35.5. The molecule has 2 aliphatic heterocycles. The number of hydrogen-bond donors (Lipinski definition) is 2. The van der Waals surface area contributed by atoms with Gasteiger partial charge in [0.2, 0.25) is 6.29 Å². The van der Waals surface area contributed by atoms with Crippen molar-refractivity contribution in [2.24, 2.45) is 17.8 Å². The van der Waals surface area contributed by atoms with Crippen molar-refractivity contribution in [3.8, 4) is 0 Å². The van der Waals surface area contributed by atoms with Crippen LogP contribution in [0.25, 0.3) is 0 Å². The third-order valence-corrected chi connectivity index (χ3v) is 7.23. The van der Waals surface area contributed by atoms with Gasteiger partial charge in [0, 0.05) is 29.8 Å². The Balaban J connectivity index is 1.54. The van der Waals surface area contributed by atoms with E-state index in [4.69, 9.17) is 21.1 Å². The van der Waals surface area contributed by atoms with Gasteiger partial charge in [-0.2, -0.15) is 0 Å². The van der Waals surface area contributed by atoms with Crippen molar-refractivity contribution in [3.63, 3.8) is 0 Å². The van der Waals surface area contributed by atoms with Crippen molar-refractivity contribution in [2.75, 3.05) is 23.4 Å². The van der Waals surface area contributed by atoms with Crippen molar-refractivity contribution in [1.82, 2.24) is 0 Å². The number of imide groups is 1. The van der Waals surface area contributed by atoms with Gasteiger partial charge in [-0.15, -0.1) is 0 Å². The molecule has 202 valence electrons. The Morgan fingerprint density at radius 1 is 1.16 bits per heavy atom. The maximum absolute atomic E-state index is 13.2. The summed E-state index contributed by atoms with van der Waals surface area (Å²) < 4.78 is 11.8. The van der Waals surface area contributed by atoms with Crippen molar-refractivity contribution in [3.05, 3.63) is 69.9 Å². The monoisotopic (exact) mass is 540 g/mol. The topological polar surface area (TPSA) is 105 Å². The van der Waals surface area contributed by atoms with Crippen LogP contribution in [0.5, 0.6) is 0 Å². The Labute approximate surface area is 227 Å². The second-order valence-electron chi connectivity index (χ2n) is 9.91. The number of hydrogen-bond acceptors (Lipinski definition) is 6. The van der Waals surface area contributed by atoms with Gasteiger partial charge in [-0.1, -0.05) is 25.4 Å². The zero-order valence-electron chi connectivity index (χ0n) is 22.0. The summed E-state index contributed by atoms with van der Waals surface area (Å²) >= 11 is 6.02. The summed E-state index contributed by atoms with van der Waals surface area (Å²) in [6, 6.07) is 9.61. The molecule has 3 atom stereocenters. The van der Waals surface area contributed by atoms with Gasteiger partial charge < -0.3 is 19.9 Å². The lowest BCUT2D eigenvalue weighted by atomic mass is 9.78. The summed E-state index contributed by atoms with van der Waals surface area (Å²) in [6.45, 7) is 8.34. The number of nitrogens with zero attached hydrogens (tertiary/aromatic N) is 1. The number of benzene rings is 2. The number of ether oxygens (including phenoxy) is 2. The zero-order valence-corrected chi connectivity index (χ0v) is 22.7. The summed E-state index contributed by atoms with van der Waals surface area (Å²) in [5.41, 5.74) is 2.14. The second kappa shape index (κ2) is 11.7. The van der Waals surface area contributed by atoms with E-state index in [1.54, 1.807) is 37.3 Å². The number of fused-ring (bicyclic) bond motifs is 1. The molecule has 2 aromatic carbocycles. The highest BCUT2D eigenvalue weighted by Crippen LogP contribution is 2.38. The average Bonchev–Trinajstić information content (AvgIpc) is 3.12. The van der Waals surface area contributed by atoms with Crippen molar-refractivity contribution in [2.45, 2.75) is 46.8 Å². The minimum atomic E-state index is -0.587. The van der Waals surface area contributed by atoms with Crippen LogP contribution < -0.4 is 10.2 Å². The molecule has 0 bridgehead atoms. The number of rotatable bonds is 9. The van der Waals surface area contributed by atoms with E-state index in [1.165, 1.54) is 6.07 Å². The average molecular weight is 541 g/mol. The molecule has 0 saturated carbocycles. The van der Waals surface area contributed by atoms with E-state index in [2.05, 4.69) is 19.2 Å². The van der Waals surface area contributed by atoms with Gasteiger partial charge in [0.25, 0.3) is 17.7 Å². The van der Waals surface area contributed by atoms with Gasteiger partial charge in [0.15, 0.2) is 5.76 Å². The molecule has 0 radical (unpaired) electrons. The van der Waals surface area contributed by atoms with Crippen LogP contribution in [0.4, 0.5) is 11.4 Å². The standard InChI is InChI=1S/C29H33ClN2O6/c1-5-37-29-21(7-6-12-33)22(16(2)3)15-25(38-29)26(34)31-19-9-11-24(17(4)13-19)32-27(35)20-10-8-18(30)14-23(20)28(32)36/h8-11,13-16,21-22,29,33H,5-7,12H2,1-4H3,(H,31,34)/t21-,22+,29+/m1/s1. The molecule has 3 amide bonds. The van der Waals surface area contributed by atoms with E-state index < -0.39 is 24.0 Å². The van der Waals surface area contributed by atoms with Gasteiger partial charge >= 0.3 is 0 Å². The molecule has 4 rings (SSSR count). The molecular formula is C29H33ClN2O6. The molecule has 38 heavy (non-hydrogen) atoms. The van der Waals surface area contributed by atoms with Crippen molar-refractivity contribution in [1.29, 1.82) is 0 Å². The first-order valence-corrected chi connectivity index (χ1v) is 13.2. The molecular weight excluding hydrogens is 508 g/mol. The van der Waals surface area contributed by atoms with E-state index in [0.717, 1.165) is 11.3 Å². The van der Waals surface area contributed by atoms with E-state index in [9.17, 15) is 19.5 Å². The highest BCUT2D eigenvalue weighted by molar-refractivity contribution is 6.37. The fourth-order valence-corrected chi connectivity index (χ4v) is 5.31. The van der Waals surface area contributed by atoms with Crippen molar-refractivity contribution >= 4 is 40.7 Å². The van der Waals surface area contributed by atoms with Crippen LogP contribution in [-0.4, -0.2) is 42.3 Å². The normalized spacial score (nSPS) is 20.9. The number of aryl methyl sites for hydroxylation is 1. The lowest BCUT2D eigenvalue weighted by molar-refractivity contribution is -0.173. The summed E-state index contributed by atoms with van der Waals surface area (Å²) in [7, 11) is 0. The number of carbonyl (C=O) groups excluding carboxylic acids is 3. The van der Waals surface area contributed by atoms with Gasteiger partial charge in [-0.05, 0) is 86.6 Å². The molecule has 2 N–H and O–H groups in total. The summed E-state index contributed by atoms with van der Waals surface area (Å²) in [6.07, 6.45) is 2.61. The number of nitrogens with one attached hydrogen (secondary N) is 1. The smallest absolute Gasteiger partial charge is 0.290 e. The fraction of sp³-hybridized carbons (Fsp3) is 0.414. The molecule has 0 unspecified atom stereocenters. The predicted octanol–water partition coefficient (Wildman–Crippen LogP) is 5.33. The maximum atomic E-state index is 13.2. The van der Waals surface area contributed by atoms with Gasteiger partial charge in [0.05, 0.1) is 16.8 Å². The summed E-state index contributed by atoms with van der Waals surface area (Å²) in [4.78, 5) is 40.3. The van der Waals surface area contributed by atoms with E-state index in [1.807, 2.05) is 13.0 Å². The number of aliphatic hydroxyl groups excluding tert-OH is 1. The predicted molar refractivity (Wildman–Crippen MR) is 145 cm³/mol. The van der Waals surface area contributed by atoms with Crippen molar-refractivity contribution < 1.29 is 29.0 Å². The molecule has 2 aromatic rings. The first-order chi connectivity index (χ1) is 18.2. The number of anilines is 2. The molecule has 2 heterocycles. The first-order valence-electron chi connectivity index (χ1n) is 12.9. The minimum absolute atomic E-state index is 0.0229. The largest absolute Gasteiger partial charge is 0.459 e.